The molecule has 1 heterocycles. The smallest absolute Gasteiger partial charge is 0.189 e. The average Bonchev–Trinajstić information content (AvgIpc) is 2.83. The molecule has 0 fully saturated rings. The van der Waals surface area contributed by atoms with E-state index in [0.29, 0.717) is 11.3 Å². The standard InChI is InChI=1S/C18H18N2O2/c1-12-19-17-15(20(12)2)10-8-14(18(17)22)9-11-16(21)13-6-4-3-5-7-13/h3-7,9,11,14H,8,10H2,1-2H3. The largest absolute Gasteiger partial charge is 0.335 e. The highest BCUT2D eigenvalue weighted by Crippen LogP contribution is 2.26. The third-order valence-corrected chi connectivity index (χ3v) is 4.24. The van der Waals surface area contributed by atoms with Crippen molar-refractivity contribution in [3.8, 4) is 0 Å². The number of benzene rings is 1. The van der Waals surface area contributed by atoms with Gasteiger partial charge in [0.25, 0.3) is 0 Å². The van der Waals surface area contributed by atoms with Crippen molar-refractivity contribution in [1.82, 2.24) is 9.55 Å². The van der Waals surface area contributed by atoms with Crippen LogP contribution < -0.4 is 0 Å². The highest BCUT2D eigenvalue weighted by Gasteiger charge is 2.30. The second kappa shape index (κ2) is 5.72. The summed E-state index contributed by atoms with van der Waals surface area (Å²) in [7, 11) is 1.93. The molecule has 0 N–H and O–H groups in total. The van der Waals surface area contributed by atoms with Crippen molar-refractivity contribution in [2.24, 2.45) is 13.0 Å². The van der Waals surface area contributed by atoms with E-state index >= 15 is 0 Å². The Labute approximate surface area is 129 Å². The van der Waals surface area contributed by atoms with Crippen molar-refractivity contribution in [2.75, 3.05) is 0 Å². The molecule has 1 aliphatic rings. The third-order valence-electron chi connectivity index (χ3n) is 4.24. The molecule has 2 aromatic rings. The highest BCUT2D eigenvalue weighted by molar-refractivity contribution is 6.05. The molecule has 4 heteroatoms. The Morgan fingerprint density at radius 3 is 2.77 bits per heavy atom. The van der Waals surface area contributed by atoms with Crippen LogP contribution in [-0.2, 0) is 13.5 Å². The lowest BCUT2D eigenvalue weighted by molar-refractivity contribution is 0.0924. The van der Waals surface area contributed by atoms with Gasteiger partial charge in [-0.1, -0.05) is 36.4 Å². The van der Waals surface area contributed by atoms with E-state index in [1.54, 1.807) is 18.2 Å². The summed E-state index contributed by atoms with van der Waals surface area (Å²) >= 11 is 0. The quantitative estimate of drug-likeness (QED) is 0.646. The first-order valence-corrected chi connectivity index (χ1v) is 7.42. The van der Waals surface area contributed by atoms with Gasteiger partial charge in [0.2, 0.25) is 0 Å². The Hall–Kier alpha value is -2.49. The average molecular weight is 294 g/mol. The number of nitrogens with zero attached hydrogens (tertiary/aromatic N) is 2. The zero-order chi connectivity index (χ0) is 15.7. The minimum Gasteiger partial charge on any atom is -0.335 e. The highest BCUT2D eigenvalue weighted by atomic mass is 16.1. The maximum Gasteiger partial charge on any atom is 0.189 e. The van der Waals surface area contributed by atoms with Crippen molar-refractivity contribution in [1.29, 1.82) is 0 Å². The lowest BCUT2D eigenvalue weighted by atomic mass is 9.88. The van der Waals surface area contributed by atoms with Gasteiger partial charge in [-0.05, 0) is 25.8 Å². The zero-order valence-electron chi connectivity index (χ0n) is 12.7. The molecule has 1 aliphatic carbocycles. The van der Waals surface area contributed by atoms with Gasteiger partial charge in [0.1, 0.15) is 11.5 Å². The van der Waals surface area contributed by atoms with Gasteiger partial charge in [0.05, 0.1) is 0 Å². The fraction of sp³-hybridized carbons (Fsp3) is 0.278. The molecule has 1 atom stereocenters. The van der Waals surface area contributed by atoms with Crippen LogP contribution in [-0.4, -0.2) is 21.1 Å². The Balaban J connectivity index is 1.78. The molecule has 112 valence electrons. The van der Waals surface area contributed by atoms with Crippen LogP contribution in [0.1, 0.15) is 38.8 Å². The molecule has 3 rings (SSSR count). The summed E-state index contributed by atoms with van der Waals surface area (Å²) in [5, 5.41) is 0. The van der Waals surface area contributed by atoms with E-state index in [1.165, 1.54) is 6.08 Å². The van der Waals surface area contributed by atoms with Crippen LogP contribution in [0.4, 0.5) is 0 Å². The summed E-state index contributed by atoms with van der Waals surface area (Å²) in [6.45, 7) is 1.90. The normalized spacial score (nSPS) is 17.7. The molecule has 0 aliphatic heterocycles. The molecule has 4 nitrogen and oxygen atoms in total. The fourth-order valence-electron chi connectivity index (χ4n) is 2.82. The predicted molar refractivity (Wildman–Crippen MR) is 84.0 cm³/mol. The topological polar surface area (TPSA) is 52.0 Å². The SMILES string of the molecule is Cc1nc2c(n1C)CCC(C=CC(=O)c1ccccc1)C2=O. The van der Waals surface area contributed by atoms with Crippen molar-refractivity contribution in [2.45, 2.75) is 19.8 Å². The number of ketones is 2. The Morgan fingerprint density at radius 1 is 1.32 bits per heavy atom. The number of hydrogen-bond donors (Lipinski definition) is 0. The zero-order valence-corrected chi connectivity index (χ0v) is 12.7. The molecule has 0 bridgehead atoms. The summed E-state index contributed by atoms with van der Waals surface area (Å²) in [6.07, 6.45) is 4.78. The summed E-state index contributed by atoms with van der Waals surface area (Å²) in [6, 6.07) is 9.08. The Bertz CT molecular complexity index is 757. The van der Waals surface area contributed by atoms with Gasteiger partial charge in [0, 0.05) is 24.2 Å². The number of allylic oxidation sites excluding steroid dienone is 2. The van der Waals surface area contributed by atoms with Crippen LogP contribution in [0.5, 0.6) is 0 Å². The maximum absolute atomic E-state index is 12.5. The fourth-order valence-corrected chi connectivity index (χ4v) is 2.82. The molecule has 0 saturated carbocycles. The molecular weight excluding hydrogens is 276 g/mol. The van der Waals surface area contributed by atoms with E-state index in [-0.39, 0.29) is 17.5 Å². The molecule has 1 aromatic carbocycles. The van der Waals surface area contributed by atoms with Gasteiger partial charge < -0.3 is 4.57 Å². The first-order valence-electron chi connectivity index (χ1n) is 7.42. The van der Waals surface area contributed by atoms with E-state index in [9.17, 15) is 9.59 Å². The summed E-state index contributed by atoms with van der Waals surface area (Å²) in [4.78, 5) is 28.9. The van der Waals surface area contributed by atoms with Crippen LogP contribution >= 0.6 is 0 Å². The monoisotopic (exact) mass is 294 g/mol. The molecule has 0 radical (unpaired) electrons. The van der Waals surface area contributed by atoms with Crippen molar-refractivity contribution < 1.29 is 9.59 Å². The first kappa shape index (κ1) is 14.4. The summed E-state index contributed by atoms with van der Waals surface area (Å²) < 4.78 is 1.97. The van der Waals surface area contributed by atoms with Crippen LogP contribution in [0.15, 0.2) is 42.5 Å². The van der Waals surface area contributed by atoms with E-state index in [2.05, 4.69) is 4.98 Å². The number of aryl methyl sites for hydroxylation is 1. The maximum atomic E-state index is 12.5. The number of Topliss-reactive ketones (excluding diaryl/α,β-unsaturated/α-hetero) is 1. The lowest BCUT2D eigenvalue weighted by Crippen LogP contribution is -2.22. The summed E-state index contributed by atoms with van der Waals surface area (Å²) in [5.41, 5.74) is 2.20. The number of hydrogen-bond acceptors (Lipinski definition) is 3. The Morgan fingerprint density at radius 2 is 2.05 bits per heavy atom. The number of carbonyl (C=O) groups excluding carboxylic acids is 2. The van der Waals surface area contributed by atoms with Gasteiger partial charge in [-0.25, -0.2) is 4.98 Å². The molecule has 0 spiro atoms. The second-order valence-electron chi connectivity index (χ2n) is 5.61. The van der Waals surface area contributed by atoms with Crippen molar-refractivity contribution >= 4 is 11.6 Å². The van der Waals surface area contributed by atoms with Crippen molar-refractivity contribution in [3.63, 3.8) is 0 Å². The van der Waals surface area contributed by atoms with Crippen LogP contribution in [0.2, 0.25) is 0 Å². The van der Waals surface area contributed by atoms with Gasteiger partial charge in [0.15, 0.2) is 11.6 Å². The number of fused-ring (bicyclic) bond motifs is 1. The Kier molecular flexibility index (Phi) is 3.75. The van der Waals surface area contributed by atoms with Crippen LogP contribution in [0.25, 0.3) is 0 Å². The molecule has 0 saturated heterocycles. The number of aromatic nitrogens is 2. The lowest BCUT2D eigenvalue weighted by Gasteiger charge is -2.17. The van der Waals surface area contributed by atoms with Gasteiger partial charge in [-0.15, -0.1) is 0 Å². The second-order valence-corrected chi connectivity index (χ2v) is 5.61. The molecular formula is C18H18N2O2. The van der Waals surface area contributed by atoms with Crippen LogP contribution in [0, 0.1) is 12.8 Å². The minimum atomic E-state index is -0.255. The third kappa shape index (κ3) is 2.52. The molecule has 0 amide bonds. The number of carbonyl (C=O) groups is 2. The molecule has 1 unspecified atom stereocenters. The van der Waals surface area contributed by atoms with E-state index in [1.807, 2.05) is 36.7 Å². The first-order chi connectivity index (χ1) is 10.6. The number of rotatable bonds is 3. The summed E-state index contributed by atoms with van der Waals surface area (Å²) in [5.74, 6) is 0.538. The van der Waals surface area contributed by atoms with E-state index in [0.717, 1.165) is 24.4 Å². The van der Waals surface area contributed by atoms with Gasteiger partial charge in [-0.3, -0.25) is 9.59 Å². The van der Waals surface area contributed by atoms with E-state index < -0.39 is 0 Å². The van der Waals surface area contributed by atoms with Gasteiger partial charge in [-0.2, -0.15) is 0 Å². The number of imidazole rings is 1. The minimum absolute atomic E-state index is 0.0158. The molecule has 1 aromatic heterocycles. The van der Waals surface area contributed by atoms with Gasteiger partial charge >= 0.3 is 0 Å². The van der Waals surface area contributed by atoms with E-state index in [4.69, 9.17) is 0 Å². The predicted octanol–water partition coefficient (Wildman–Crippen LogP) is 2.91. The van der Waals surface area contributed by atoms with Crippen LogP contribution in [0.3, 0.4) is 0 Å². The van der Waals surface area contributed by atoms with Crippen molar-refractivity contribution in [3.05, 3.63) is 65.3 Å². The molecule has 22 heavy (non-hydrogen) atoms.